The van der Waals surface area contributed by atoms with Gasteiger partial charge >= 0.3 is 0 Å². The maximum Gasteiger partial charge on any atom is 0.255 e. The lowest BCUT2D eigenvalue weighted by molar-refractivity contribution is -0.127. The highest BCUT2D eigenvalue weighted by molar-refractivity contribution is 6.06. The molecule has 2 aromatic rings. The molecule has 1 N–H and O–H groups in total. The summed E-state index contributed by atoms with van der Waals surface area (Å²) in [5, 5.41) is 2.91. The van der Waals surface area contributed by atoms with Crippen molar-refractivity contribution in [2.45, 2.75) is 34.1 Å². The first kappa shape index (κ1) is 23.4. The minimum absolute atomic E-state index is 0.0141. The molecule has 7 nitrogen and oxygen atoms in total. The van der Waals surface area contributed by atoms with E-state index in [2.05, 4.69) is 19.2 Å². The quantitative estimate of drug-likeness (QED) is 0.672. The van der Waals surface area contributed by atoms with Crippen molar-refractivity contribution in [2.24, 2.45) is 11.3 Å². The van der Waals surface area contributed by atoms with Crippen LogP contribution in [0.15, 0.2) is 36.4 Å². The Morgan fingerprint density at radius 1 is 1.12 bits per heavy atom. The van der Waals surface area contributed by atoms with Crippen LogP contribution in [0.25, 0.3) is 0 Å². The van der Waals surface area contributed by atoms with Gasteiger partial charge in [-0.05, 0) is 62.6 Å². The first-order chi connectivity index (χ1) is 15.2. The van der Waals surface area contributed by atoms with Crippen LogP contribution in [0.2, 0.25) is 0 Å². The summed E-state index contributed by atoms with van der Waals surface area (Å²) in [6, 6.07) is 10.4. The van der Waals surface area contributed by atoms with Crippen molar-refractivity contribution >= 4 is 23.2 Å². The Bertz CT molecular complexity index is 1000. The smallest absolute Gasteiger partial charge is 0.255 e. The number of rotatable bonds is 7. The third kappa shape index (κ3) is 4.98. The molecule has 1 aliphatic rings. The minimum Gasteiger partial charge on any atom is -0.493 e. The van der Waals surface area contributed by atoms with Crippen molar-refractivity contribution < 1.29 is 23.8 Å². The predicted octanol–water partition coefficient (Wildman–Crippen LogP) is 4.75. The van der Waals surface area contributed by atoms with Crippen LogP contribution in [0.1, 0.15) is 44.5 Å². The van der Waals surface area contributed by atoms with Crippen LogP contribution in [0.3, 0.4) is 0 Å². The van der Waals surface area contributed by atoms with Crippen LogP contribution < -0.4 is 24.4 Å². The van der Waals surface area contributed by atoms with Crippen LogP contribution >= 0.6 is 0 Å². The fourth-order valence-electron chi connectivity index (χ4n) is 3.51. The molecule has 0 bridgehead atoms. The highest BCUT2D eigenvalue weighted by Crippen LogP contribution is 2.38. The fourth-order valence-corrected chi connectivity index (χ4v) is 3.51. The molecule has 172 valence electrons. The average molecular weight is 441 g/mol. The molecule has 2 aromatic carbocycles. The van der Waals surface area contributed by atoms with Crippen LogP contribution in [-0.2, 0) is 4.79 Å². The summed E-state index contributed by atoms with van der Waals surface area (Å²) < 4.78 is 16.5. The largest absolute Gasteiger partial charge is 0.493 e. The number of nitrogens with one attached hydrogen (secondary N) is 1. The molecule has 0 aromatic heterocycles. The van der Waals surface area contributed by atoms with Gasteiger partial charge in [-0.3, -0.25) is 9.59 Å². The Balaban J connectivity index is 1.90. The SMILES string of the molecule is COc1ccc(C(=O)Nc2ccc3c(c2)N(CCC(C)C)C(=O)C(C)(C)CO3)cc1OC. The normalized spacial score (nSPS) is 15.0. The van der Waals surface area contributed by atoms with E-state index in [9.17, 15) is 9.59 Å². The van der Waals surface area contributed by atoms with E-state index in [0.29, 0.717) is 53.3 Å². The second kappa shape index (κ2) is 9.51. The van der Waals surface area contributed by atoms with Gasteiger partial charge in [0.25, 0.3) is 5.91 Å². The first-order valence-electron chi connectivity index (χ1n) is 10.8. The van der Waals surface area contributed by atoms with E-state index in [-0.39, 0.29) is 11.8 Å². The Morgan fingerprint density at radius 2 is 1.84 bits per heavy atom. The van der Waals surface area contributed by atoms with Gasteiger partial charge in [0.2, 0.25) is 5.91 Å². The molecule has 1 heterocycles. The summed E-state index contributed by atoms with van der Waals surface area (Å²) in [5.74, 6) is 1.83. The van der Waals surface area contributed by atoms with Crippen molar-refractivity contribution in [1.82, 2.24) is 0 Å². The molecule has 1 aliphatic heterocycles. The number of hydrogen-bond donors (Lipinski definition) is 1. The van der Waals surface area contributed by atoms with Crippen molar-refractivity contribution in [1.29, 1.82) is 0 Å². The maximum atomic E-state index is 13.3. The molecule has 0 unspecified atom stereocenters. The van der Waals surface area contributed by atoms with Gasteiger partial charge in [-0.25, -0.2) is 0 Å². The number of carbonyl (C=O) groups excluding carboxylic acids is 2. The Kier molecular flexibility index (Phi) is 6.96. The summed E-state index contributed by atoms with van der Waals surface area (Å²) in [5.41, 5.74) is 1.04. The Morgan fingerprint density at radius 3 is 2.50 bits per heavy atom. The number of ether oxygens (including phenoxy) is 3. The molecule has 7 heteroatoms. The molecule has 0 radical (unpaired) electrons. The van der Waals surface area contributed by atoms with E-state index in [1.165, 1.54) is 7.11 Å². The highest BCUT2D eigenvalue weighted by atomic mass is 16.5. The first-order valence-corrected chi connectivity index (χ1v) is 10.8. The van der Waals surface area contributed by atoms with Crippen molar-refractivity contribution in [3.8, 4) is 17.2 Å². The third-order valence-electron chi connectivity index (χ3n) is 5.50. The molecule has 0 saturated heterocycles. The molecule has 0 spiro atoms. The summed E-state index contributed by atoms with van der Waals surface area (Å²) in [4.78, 5) is 27.9. The van der Waals surface area contributed by atoms with Crippen LogP contribution in [-0.4, -0.2) is 39.2 Å². The number of anilines is 2. The molecule has 0 fully saturated rings. The zero-order valence-electron chi connectivity index (χ0n) is 19.7. The van der Waals surface area contributed by atoms with Gasteiger partial charge in [-0.2, -0.15) is 0 Å². The third-order valence-corrected chi connectivity index (χ3v) is 5.50. The number of amides is 2. The molecule has 0 saturated carbocycles. The van der Waals surface area contributed by atoms with E-state index in [1.54, 1.807) is 48.4 Å². The molecule has 3 rings (SSSR count). The fraction of sp³-hybridized carbons (Fsp3) is 0.440. The van der Waals surface area contributed by atoms with Gasteiger partial charge in [-0.1, -0.05) is 13.8 Å². The molecular formula is C25H32N2O5. The molecule has 32 heavy (non-hydrogen) atoms. The van der Waals surface area contributed by atoms with Crippen molar-refractivity contribution in [2.75, 3.05) is 37.6 Å². The summed E-state index contributed by atoms with van der Waals surface area (Å²) in [6.07, 6.45) is 0.865. The maximum absolute atomic E-state index is 13.3. The van der Waals surface area contributed by atoms with E-state index in [4.69, 9.17) is 14.2 Å². The summed E-state index contributed by atoms with van der Waals surface area (Å²) >= 11 is 0. The monoisotopic (exact) mass is 440 g/mol. The Labute approximate surface area is 189 Å². The second-order valence-electron chi connectivity index (χ2n) is 9.02. The topological polar surface area (TPSA) is 77.1 Å². The molecule has 0 atom stereocenters. The zero-order valence-corrected chi connectivity index (χ0v) is 19.7. The Hall–Kier alpha value is -3.22. The number of carbonyl (C=O) groups is 2. The van der Waals surface area contributed by atoms with E-state index < -0.39 is 5.41 Å². The lowest BCUT2D eigenvalue weighted by Crippen LogP contribution is -2.42. The number of hydrogen-bond acceptors (Lipinski definition) is 5. The van der Waals surface area contributed by atoms with Crippen LogP contribution in [0.4, 0.5) is 11.4 Å². The van der Waals surface area contributed by atoms with E-state index in [0.717, 1.165) is 6.42 Å². The number of fused-ring (bicyclic) bond motifs is 1. The van der Waals surface area contributed by atoms with Crippen molar-refractivity contribution in [3.05, 3.63) is 42.0 Å². The summed E-state index contributed by atoms with van der Waals surface area (Å²) in [6.45, 7) is 8.93. The summed E-state index contributed by atoms with van der Waals surface area (Å²) in [7, 11) is 3.07. The van der Waals surface area contributed by atoms with Gasteiger partial charge in [0.1, 0.15) is 12.4 Å². The van der Waals surface area contributed by atoms with E-state index >= 15 is 0 Å². The lowest BCUT2D eigenvalue weighted by Gasteiger charge is -2.28. The van der Waals surface area contributed by atoms with Gasteiger partial charge in [0.05, 0.1) is 25.3 Å². The zero-order chi connectivity index (χ0) is 23.5. The molecular weight excluding hydrogens is 408 g/mol. The molecule has 2 amide bonds. The lowest BCUT2D eigenvalue weighted by atomic mass is 9.92. The van der Waals surface area contributed by atoms with Gasteiger partial charge in [0, 0.05) is 17.8 Å². The molecule has 0 aliphatic carbocycles. The minimum atomic E-state index is -0.640. The highest BCUT2D eigenvalue weighted by Gasteiger charge is 2.37. The van der Waals surface area contributed by atoms with Gasteiger partial charge < -0.3 is 24.4 Å². The van der Waals surface area contributed by atoms with Crippen LogP contribution in [0.5, 0.6) is 17.2 Å². The number of methoxy groups -OCH3 is 2. The van der Waals surface area contributed by atoms with Gasteiger partial charge in [-0.15, -0.1) is 0 Å². The van der Waals surface area contributed by atoms with E-state index in [1.807, 2.05) is 13.8 Å². The number of nitrogens with zero attached hydrogens (tertiary/aromatic N) is 1. The standard InChI is InChI=1S/C25H32N2O5/c1-16(2)11-12-27-19-14-18(8-10-20(19)32-15-25(3,4)24(27)29)26-23(28)17-7-9-21(30-5)22(13-17)31-6/h7-10,13-14,16H,11-12,15H2,1-6H3,(H,26,28). The van der Waals surface area contributed by atoms with Crippen molar-refractivity contribution in [3.63, 3.8) is 0 Å². The average Bonchev–Trinajstić information content (AvgIpc) is 2.86. The second-order valence-corrected chi connectivity index (χ2v) is 9.02. The van der Waals surface area contributed by atoms with Crippen LogP contribution in [0, 0.1) is 11.3 Å². The predicted molar refractivity (Wildman–Crippen MR) is 125 cm³/mol. The van der Waals surface area contributed by atoms with Gasteiger partial charge in [0.15, 0.2) is 11.5 Å². The number of benzene rings is 2.